The largest absolute Gasteiger partial charge is 0.352 e. The Morgan fingerprint density at radius 3 is 2.38 bits per heavy atom. The molecular formula is C21H27FN2O3S2. The van der Waals surface area contributed by atoms with Crippen LogP contribution in [0.1, 0.15) is 36.2 Å². The average molecular weight is 439 g/mol. The van der Waals surface area contributed by atoms with Crippen molar-refractivity contribution in [2.75, 3.05) is 25.4 Å². The van der Waals surface area contributed by atoms with Crippen molar-refractivity contribution in [3.63, 3.8) is 0 Å². The first-order valence-corrected chi connectivity index (χ1v) is 12.0. The van der Waals surface area contributed by atoms with E-state index in [0.29, 0.717) is 25.2 Å². The molecule has 5 nitrogen and oxygen atoms in total. The van der Waals surface area contributed by atoms with E-state index < -0.39 is 10.0 Å². The third kappa shape index (κ3) is 6.29. The van der Waals surface area contributed by atoms with Crippen molar-refractivity contribution in [1.29, 1.82) is 0 Å². The van der Waals surface area contributed by atoms with Crippen LogP contribution in [-0.2, 0) is 10.0 Å². The third-order valence-electron chi connectivity index (χ3n) is 4.49. The highest BCUT2D eigenvalue weighted by molar-refractivity contribution is 7.99. The van der Waals surface area contributed by atoms with E-state index in [1.54, 1.807) is 56.8 Å². The Kier molecular flexibility index (Phi) is 8.67. The number of nitrogens with zero attached hydrogens (tertiary/aromatic N) is 1. The number of sulfonamides is 1. The maximum absolute atomic E-state index is 12.9. The van der Waals surface area contributed by atoms with Crippen molar-refractivity contribution in [3.05, 3.63) is 59.4 Å². The van der Waals surface area contributed by atoms with E-state index in [9.17, 15) is 17.6 Å². The second-order valence-corrected chi connectivity index (χ2v) is 9.58. The van der Waals surface area contributed by atoms with E-state index >= 15 is 0 Å². The van der Waals surface area contributed by atoms with Gasteiger partial charge in [-0.1, -0.05) is 19.9 Å². The van der Waals surface area contributed by atoms with Crippen LogP contribution in [0, 0.1) is 12.7 Å². The molecule has 0 radical (unpaired) electrons. The Labute approximate surface area is 176 Å². The zero-order valence-corrected chi connectivity index (χ0v) is 18.6. The molecule has 8 heteroatoms. The number of nitrogens with one attached hydrogen (secondary N) is 1. The number of halogens is 1. The minimum Gasteiger partial charge on any atom is -0.352 e. The fraction of sp³-hybridized carbons (Fsp3) is 0.381. The molecule has 0 aromatic heterocycles. The van der Waals surface area contributed by atoms with Crippen LogP contribution in [0.4, 0.5) is 4.39 Å². The third-order valence-corrected chi connectivity index (χ3v) is 7.63. The van der Waals surface area contributed by atoms with Gasteiger partial charge < -0.3 is 5.32 Å². The quantitative estimate of drug-likeness (QED) is 0.448. The van der Waals surface area contributed by atoms with Gasteiger partial charge in [0, 0.05) is 30.1 Å². The number of aryl methyl sites for hydroxylation is 1. The van der Waals surface area contributed by atoms with Crippen molar-refractivity contribution in [3.8, 4) is 0 Å². The van der Waals surface area contributed by atoms with Crippen molar-refractivity contribution in [2.24, 2.45) is 0 Å². The summed E-state index contributed by atoms with van der Waals surface area (Å²) < 4.78 is 39.7. The molecular weight excluding hydrogens is 411 g/mol. The number of amides is 1. The van der Waals surface area contributed by atoms with Gasteiger partial charge in [0.15, 0.2) is 0 Å². The van der Waals surface area contributed by atoms with Crippen LogP contribution in [0.25, 0.3) is 0 Å². The lowest BCUT2D eigenvalue weighted by Gasteiger charge is -2.19. The van der Waals surface area contributed by atoms with Gasteiger partial charge in [-0.05, 0) is 61.1 Å². The molecule has 0 bridgehead atoms. The van der Waals surface area contributed by atoms with E-state index in [1.807, 2.05) is 0 Å². The molecule has 0 aliphatic heterocycles. The summed E-state index contributed by atoms with van der Waals surface area (Å²) in [7, 11) is -3.61. The zero-order chi connectivity index (χ0) is 21.4. The number of hydrogen-bond acceptors (Lipinski definition) is 4. The summed E-state index contributed by atoms with van der Waals surface area (Å²) >= 11 is 1.59. The zero-order valence-electron chi connectivity index (χ0n) is 16.9. The van der Waals surface area contributed by atoms with E-state index in [0.717, 1.165) is 22.6 Å². The average Bonchev–Trinajstić information content (AvgIpc) is 2.70. The predicted octanol–water partition coefficient (Wildman–Crippen LogP) is 4.08. The second kappa shape index (κ2) is 10.8. The molecule has 2 aromatic rings. The molecule has 158 valence electrons. The summed E-state index contributed by atoms with van der Waals surface area (Å²) in [5.41, 5.74) is 1.09. The van der Waals surface area contributed by atoms with Gasteiger partial charge in [-0.25, -0.2) is 12.8 Å². The number of thioether (sulfide) groups is 1. The van der Waals surface area contributed by atoms with Crippen LogP contribution in [0.5, 0.6) is 0 Å². The Morgan fingerprint density at radius 1 is 1.10 bits per heavy atom. The first kappa shape index (κ1) is 23.4. The lowest BCUT2D eigenvalue weighted by molar-refractivity contribution is 0.0953. The SMILES string of the molecule is CCN(CC)S(=O)(=O)c1ccc(C)c(C(=O)NCCCSc2ccc(F)cc2)c1. The van der Waals surface area contributed by atoms with Gasteiger partial charge in [-0.15, -0.1) is 11.8 Å². The van der Waals surface area contributed by atoms with Gasteiger partial charge >= 0.3 is 0 Å². The molecule has 0 spiro atoms. The molecule has 29 heavy (non-hydrogen) atoms. The molecule has 0 aliphatic rings. The monoisotopic (exact) mass is 438 g/mol. The summed E-state index contributed by atoms with van der Waals surface area (Å²) in [5, 5.41) is 2.85. The Morgan fingerprint density at radius 2 is 1.76 bits per heavy atom. The number of rotatable bonds is 10. The van der Waals surface area contributed by atoms with Crippen LogP contribution >= 0.6 is 11.8 Å². The molecule has 0 saturated heterocycles. The van der Waals surface area contributed by atoms with Gasteiger partial charge in [0.1, 0.15) is 5.82 Å². The van der Waals surface area contributed by atoms with Crippen LogP contribution in [0.15, 0.2) is 52.3 Å². The fourth-order valence-corrected chi connectivity index (χ4v) is 5.15. The maximum Gasteiger partial charge on any atom is 0.251 e. The molecule has 0 saturated carbocycles. The number of carbonyl (C=O) groups is 1. The topological polar surface area (TPSA) is 66.5 Å². The van der Waals surface area contributed by atoms with Crippen molar-refractivity contribution < 1.29 is 17.6 Å². The van der Waals surface area contributed by atoms with E-state index in [1.165, 1.54) is 22.5 Å². The smallest absolute Gasteiger partial charge is 0.251 e. The highest BCUT2D eigenvalue weighted by atomic mass is 32.2. The van der Waals surface area contributed by atoms with Crippen LogP contribution in [0.2, 0.25) is 0 Å². The summed E-state index contributed by atoms with van der Waals surface area (Å²) in [6.45, 7) is 6.58. The summed E-state index contributed by atoms with van der Waals surface area (Å²) in [4.78, 5) is 13.7. The van der Waals surface area contributed by atoms with Crippen molar-refractivity contribution >= 4 is 27.7 Å². The lowest BCUT2D eigenvalue weighted by atomic mass is 10.1. The highest BCUT2D eigenvalue weighted by Crippen LogP contribution is 2.20. The Hall–Kier alpha value is -1.90. The molecule has 2 rings (SSSR count). The van der Waals surface area contributed by atoms with Gasteiger partial charge in [0.25, 0.3) is 5.91 Å². The standard InChI is InChI=1S/C21H27FN2O3S2/c1-4-24(5-2)29(26,27)19-12-7-16(3)20(15-19)21(25)23-13-6-14-28-18-10-8-17(22)9-11-18/h7-12,15H,4-6,13-14H2,1-3H3,(H,23,25). The van der Waals surface area contributed by atoms with Gasteiger partial charge in [-0.2, -0.15) is 4.31 Å². The van der Waals surface area contributed by atoms with Crippen LogP contribution in [-0.4, -0.2) is 44.0 Å². The maximum atomic E-state index is 12.9. The highest BCUT2D eigenvalue weighted by Gasteiger charge is 2.23. The Balaban J connectivity index is 1.95. The molecule has 0 aliphatic carbocycles. The van der Waals surface area contributed by atoms with Gasteiger partial charge in [0.05, 0.1) is 4.90 Å². The molecule has 2 aromatic carbocycles. The van der Waals surface area contributed by atoms with Gasteiger partial charge in [-0.3, -0.25) is 4.79 Å². The second-order valence-electron chi connectivity index (χ2n) is 6.48. The Bertz CT molecular complexity index is 927. The summed E-state index contributed by atoms with van der Waals surface area (Å²) in [6, 6.07) is 11.0. The first-order valence-electron chi connectivity index (χ1n) is 9.57. The van der Waals surface area contributed by atoms with E-state index in [2.05, 4.69) is 5.32 Å². The van der Waals surface area contributed by atoms with Gasteiger partial charge in [0.2, 0.25) is 10.0 Å². The summed E-state index contributed by atoms with van der Waals surface area (Å²) in [6.07, 6.45) is 0.740. The van der Waals surface area contributed by atoms with Crippen molar-refractivity contribution in [2.45, 2.75) is 37.0 Å². The molecule has 1 N–H and O–H groups in total. The molecule has 0 atom stereocenters. The van der Waals surface area contributed by atoms with E-state index in [-0.39, 0.29) is 16.6 Å². The number of benzene rings is 2. The molecule has 0 heterocycles. The number of carbonyl (C=O) groups excluding carboxylic acids is 1. The summed E-state index contributed by atoms with van der Waals surface area (Å²) in [5.74, 6) is 0.231. The normalized spacial score (nSPS) is 11.6. The molecule has 0 fully saturated rings. The number of hydrogen-bond donors (Lipinski definition) is 1. The van der Waals surface area contributed by atoms with Crippen LogP contribution < -0.4 is 5.32 Å². The minimum atomic E-state index is -3.61. The predicted molar refractivity (Wildman–Crippen MR) is 115 cm³/mol. The molecule has 1 amide bonds. The van der Waals surface area contributed by atoms with Crippen molar-refractivity contribution in [1.82, 2.24) is 9.62 Å². The first-order chi connectivity index (χ1) is 13.8. The fourth-order valence-electron chi connectivity index (χ4n) is 2.81. The van der Waals surface area contributed by atoms with Crippen LogP contribution in [0.3, 0.4) is 0 Å². The molecule has 0 unspecified atom stereocenters. The van der Waals surface area contributed by atoms with E-state index in [4.69, 9.17) is 0 Å². The lowest BCUT2D eigenvalue weighted by Crippen LogP contribution is -2.31. The minimum absolute atomic E-state index is 0.129.